The Bertz CT molecular complexity index is 468. The first kappa shape index (κ1) is 13.1. The largest absolute Gasteiger partial charge is 0.342 e. The summed E-state index contributed by atoms with van der Waals surface area (Å²) in [7, 11) is 0. The third kappa shape index (κ3) is 2.72. The molecule has 0 atom stereocenters. The molecule has 1 heterocycles. The quantitative estimate of drug-likeness (QED) is 0.780. The molecule has 18 heavy (non-hydrogen) atoms. The third-order valence-electron chi connectivity index (χ3n) is 3.16. The molecular formula is C13H15BrN2O2. The van der Waals surface area contributed by atoms with Crippen LogP contribution in [0.1, 0.15) is 15.9 Å². The zero-order chi connectivity index (χ0) is 13.1. The molecule has 0 saturated carbocycles. The van der Waals surface area contributed by atoms with E-state index >= 15 is 0 Å². The molecule has 0 N–H and O–H groups in total. The number of halogens is 1. The van der Waals surface area contributed by atoms with Crippen molar-refractivity contribution in [2.45, 2.75) is 6.92 Å². The van der Waals surface area contributed by atoms with E-state index in [1.54, 1.807) is 9.80 Å². The van der Waals surface area contributed by atoms with E-state index in [-0.39, 0.29) is 5.91 Å². The fourth-order valence-electron chi connectivity index (χ4n) is 1.99. The number of rotatable bonds is 2. The van der Waals surface area contributed by atoms with Gasteiger partial charge in [0.1, 0.15) is 0 Å². The van der Waals surface area contributed by atoms with E-state index in [0.29, 0.717) is 31.7 Å². The number of hydrogen-bond donors (Lipinski definition) is 0. The predicted octanol–water partition coefficient (Wildman–Crippen LogP) is 1.67. The minimum absolute atomic E-state index is 0.0381. The maximum Gasteiger partial charge on any atom is 0.253 e. The van der Waals surface area contributed by atoms with Gasteiger partial charge in [-0.1, -0.05) is 15.9 Å². The summed E-state index contributed by atoms with van der Waals surface area (Å²) in [5.41, 5.74) is 1.75. The second-order valence-electron chi connectivity index (χ2n) is 4.40. The van der Waals surface area contributed by atoms with Gasteiger partial charge in [-0.15, -0.1) is 0 Å². The molecule has 4 nitrogen and oxygen atoms in total. The molecule has 1 fully saturated rings. The summed E-state index contributed by atoms with van der Waals surface area (Å²) in [4.78, 5) is 26.4. The second-order valence-corrected chi connectivity index (χ2v) is 5.25. The fraction of sp³-hybridized carbons (Fsp3) is 0.385. The van der Waals surface area contributed by atoms with Gasteiger partial charge in [0, 0.05) is 36.2 Å². The lowest BCUT2D eigenvalue weighted by Crippen LogP contribution is -2.48. The zero-order valence-electron chi connectivity index (χ0n) is 10.2. The van der Waals surface area contributed by atoms with Crippen LogP contribution >= 0.6 is 15.9 Å². The summed E-state index contributed by atoms with van der Waals surface area (Å²) >= 11 is 3.42. The van der Waals surface area contributed by atoms with Crippen LogP contribution in [0, 0.1) is 6.92 Å². The Hall–Kier alpha value is -1.36. The van der Waals surface area contributed by atoms with E-state index in [2.05, 4.69) is 15.9 Å². The van der Waals surface area contributed by atoms with Gasteiger partial charge < -0.3 is 9.80 Å². The number of carbonyl (C=O) groups is 2. The number of nitrogens with zero attached hydrogens (tertiary/aromatic N) is 2. The Morgan fingerprint density at radius 3 is 2.50 bits per heavy atom. The Kier molecular flexibility index (Phi) is 4.01. The molecule has 1 aromatic rings. The standard InChI is InChI=1S/C13H15BrN2O2/c1-10-8-11(2-3-12(10)14)13(18)16-6-4-15(9-17)5-7-16/h2-3,8-9H,4-7H2,1H3. The molecule has 5 heteroatoms. The molecule has 0 spiro atoms. The van der Waals surface area contributed by atoms with Crippen molar-refractivity contribution < 1.29 is 9.59 Å². The number of amides is 2. The SMILES string of the molecule is Cc1cc(C(=O)N2CCN(C=O)CC2)ccc1Br. The van der Waals surface area contributed by atoms with Crippen molar-refractivity contribution in [3.63, 3.8) is 0 Å². The van der Waals surface area contributed by atoms with Gasteiger partial charge in [0.25, 0.3) is 5.91 Å². The molecule has 96 valence electrons. The van der Waals surface area contributed by atoms with Crippen LogP contribution in [-0.2, 0) is 4.79 Å². The van der Waals surface area contributed by atoms with Gasteiger partial charge in [0.05, 0.1) is 0 Å². The van der Waals surface area contributed by atoms with Gasteiger partial charge in [-0.05, 0) is 30.7 Å². The Morgan fingerprint density at radius 1 is 1.28 bits per heavy atom. The monoisotopic (exact) mass is 310 g/mol. The van der Waals surface area contributed by atoms with Crippen LogP contribution in [0.2, 0.25) is 0 Å². The molecule has 1 aliphatic heterocycles. The van der Waals surface area contributed by atoms with Crippen LogP contribution in [0.5, 0.6) is 0 Å². The Morgan fingerprint density at radius 2 is 1.94 bits per heavy atom. The first-order valence-corrected chi connectivity index (χ1v) is 6.66. The van der Waals surface area contributed by atoms with Gasteiger partial charge in [-0.2, -0.15) is 0 Å². The fourth-order valence-corrected chi connectivity index (χ4v) is 2.24. The highest BCUT2D eigenvalue weighted by Crippen LogP contribution is 2.18. The lowest BCUT2D eigenvalue weighted by atomic mass is 10.1. The van der Waals surface area contributed by atoms with E-state index < -0.39 is 0 Å². The maximum absolute atomic E-state index is 12.3. The molecule has 0 aromatic heterocycles. The Labute approximate surface area is 115 Å². The summed E-state index contributed by atoms with van der Waals surface area (Å²) in [6, 6.07) is 5.61. The minimum Gasteiger partial charge on any atom is -0.342 e. The number of piperazine rings is 1. The molecule has 1 aliphatic rings. The minimum atomic E-state index is 0.0381. The van der Waals surface area contributed by atoms with Crippen LogP contribution in [0.15, 0.2) is 22.7 Å². The average molecular weight is 311 g/mol. The molecule has 1 aromatic carbocycles. The van der Waals surface area contributed by atoms with E-state index in [0.717, 1.165) is 16.4 Å². The first-order chi connectivity index (χ1) is 8.61. The highest BCUT2D eigenvalue weighted by Gasteiger charge is 2.21. The third-order valence-corrected chi connectivity index (χ3v) is 4.05. The van der Waals surface area contributed by atoms with Crippen LogP contribution in [0.3, 0.4) is 0 Å². The summed E-state index contributed by atoms with van der Waals surface area (Å²) in [5.74, 6) is 0.0381. The predicted molar refractivity (Wildman–Crippen MR) is 72.4 cm³/mol. The molecule has 0 aliphatic carbocycles. The van der Waals surface area contributed by atoms with Crippen molar-refractivity contribution >= 4 is 28.2 Å². The molecule has 1 saturated heterocycles. The number of hydrogen-bond acceptors (Lipinski definition) is 2. The molecular weight excluding hydrogens is 296 g/mol. The van der Waals surface area contributed by atoms with Gasteiger partial charge in [0.15, 0.2) is 0 Å². The molecule has 2 amide bonds. The topological polar surface area (TPSA) is 40.6 Å². The second kappa shape index (κ2) is 5.52. The summed E-state index contributed by atoms with van der Waals surface area (Å²) < 4.78 is 1.00. The van der Waals surface area contributed by atoms with E-state index in [1.807, 2.05) is 25.1 Å². The van der Waals surface area contributed by atoms with Crippen molar-refractivity contribution in [2.24, 2.45) is 0 Å². The smallest absolute Gasteiger partial charge is 0.253 e. The molecule has 0 unspecified atom stereocenters. The van der Waals surface area contributed by atoms with Gasteiger partial charge in [-0.25, -0.2) is 0 Å². The van der Waals surface area contributed by atoms with E-state index in [1.165, 1.54) is 0 Å². The van der Waals surface area contributed by atoms with E-state index in [4.69, 9.17) is 0 Å². The van der Waals surface area contributed by atoms with Crippen molar-refractivity contribution in [1.82, 2.24) is 9.80 Å². The molecule has 0 radical (unpaired) electrons. The highest BCUT2D eigenvalue weighted by molar-refractivity contribution is 9.10. The van der Waals surface area contributed by atoms with Crippen molar-refractivity contribution in [2.75, 3.05) is 26.2 Å². The maximum atomic E-state index is 12.3. The summed E-state index contributed by atoms with van der Waals surface area (Å²) in [5, 5.41) is 0. The number of aryl methyl sites for hydroxylation is 1. The van der Waals surface area contributed by atoms with Crippen molar-refractivity contribution in [3.05, 3.63) is 33.8 Å². The highest BCUT2D eigenvalue weighted by atomic mass is 79.9. The first-order valence-electron chi connectivity index (χ1n) is 5.86. The van der Waals surface area contributed by atoms with Crippen molar-refractivity contribution in [1.29, 1.82) is 0 Å². The van der Waals surface area contributed by atoms with Gasteiger partial charge >= 0.3 is 0 Å². The lowest BCUT2D eigenvalue weighted by Gasteiger charge is -2.32. The van der Waals surface area contributed by atoms with Crippen LogP contribution in [-0.4, -0.2) is 48.3 Å². The van der Waals surface area contributed by atoms with Gasteiger partial charge in [0.2, 0.25) is 6.41 Å². The van der Waals surface area contributed by atoms with Gasteiger partial charge in [-0.3, -0.25) is 9.59 Å². The number of benzene rings is 1. The van der Waals surface area contributed by atoms with Crippen molar-refractivity contribution in [3.8, 4) is 0 Å². The average Bonchev–Trinajstić information content (AvgIpc) is 2.41. The Balaban J connectivity index is 2.07. The summed E-state index contributed by atoms with van der Waals surface area (Å²) in [6.45, 7) is 4.40. The lowest BCUT2D eigenvalue weighted by molar-refractivity contribution is -0.119. The zero-order valence-corrected chi connectivity index (χ0v) is 11.8. The molecule has 0 bridgehead atoms. The normalized spacial score (nSPS) is 15.7. The van der Waals surface area contributed by atoms with E-state index in [9.17, 15) is 9.59 Å². The van der Waals surface area contributed by atoms with Crippen LogP contribution in [0.25, 0.3) is 0 Å². The number of carbonyl (C=O) groups excluding carboxylic acids is 2. The molecule has 2 rings (SSSR count). The summed E-state index contributed by atoms with van der Waals surface area (Å²) in [6.07, 6.45) is 0.839. The van der Waals surface area contributed by atoms with Crippen LogP contribution in [0.4, 0.5) is 0 Å². The van der Waals surface area contributed by atoms with Crippen LogP contribution < -0.4 is 0 Å².